The van der Waals surface area contributed by atoms with E-state index in [0.717, 1.165) is 17.3 Å². The van der Waals surface area contributed by atoms with Gasteiger partial charge >= 0.3 is 0 Å². The van der Waals surface area contributed by atoms with Gasteiger partial charge in [0.1, 0.15) is 0 Å². The van der Waals surface area contributed by atoms with Crippen molar-refractivity contribution in [3.05, 3.63) is 28.2 Å². The Morgan fingerprint density at radius 3 is 2.65 bits per heavy atom. The second-order valence-electron chi connectivity index (χ2n) is 4.82. The van der Waals surface area contributed by atoms with Crippen molar-refractivity contribution < 1.29 is 4.79 Å². The van der Waals surface area contributed by atoms with Crippen LogP contribution in [0.4, 0.5) is 5.69 Å². The van der Waals surface area contributed by atoms with Gasteiger partial charge in [-0.3, -0.25) is 4.79 Å². The second kappa shape index (κ2) is 5.54. The molecule has 0 saturated carbocycles. The maximum absolute atomic E-state index is 12.0. The highest BCUT2D eigenvalue weighted by molar-refractivity contribution is 9.10. The molecule has 0 aliphatic rings. The van der Waals surface area contributed by atoms with E-state index >= 15 is 0 Å². The van der Waals surface area contributed by atoms with Crippen LogP contribution in [0.25, 0.3) is 0 Å². The highest BCUT2D eigenvalue weighted by Gasteiger charge is 2.20. The lowest BCUT2D eigenvalue weighted by atomic mass is 9.98. The third kappa shape index (κ3) is 4.04. The zero-order valence-electron chi connectivity index (χ0n) is 10.5. The molecular weight excluding hydrogens is 280 g/mol. The third-order valence-electron chi connectivity index (χ3n) is 2.59. The summed E-state index contributed by atoms with van der Waals surface area (Å²) >= 11 is 3.32. The van der Waals surface area contributed by atoms with E-state index in [1.807, 2.05) is 13.8 Å². The minimum absolute atomic E-state index is 0.0656. The van der Waals surface area contributed by atoms with Gasteiger partial charge in [-0.25, -0.2) is 0 Å². The molecule has 1 rings (SSSR count). The summed E-state index contributed by atoms with van der Waals surface area (Å²) in [5.41, 5.74) is 6.76. The molecule has 0 fully saturated rings. The van der Waals surface area contributed by atoms with Crippen molar-refractivity contribution in [2.45, 2.75) is 39.2 Å². The standard InChI is InChI=1S/C13H19BrN2O/c1-4-7-13(2,3)16-12(17)9-5-6-11(15)10(14)8-9/h5-6,8H,4,7,15H2,1-3H3,(H,16,17). The van der Waals surface area contributed by atoms with Gasteiger partial charge in [0.25, 0.3) is 5.91 Å². The van der Waals surface area contributed by atoms with Crippen LogP contribution in [0.3, 0.4) is 0 Å². The predicted octanol–water partition coefficient (Wildman–Crippen LogP) is 3.34. The number of amides is 1. The van der Waals surface area contributed by atoms with Crippen LogP contribution < -0.4 is 11.1 Å². The minimum atomic E-state index is -0.181. The van der Waals surface area contributed by atoms with Crippen LogP contribution in [0.2, 0.25) is 0 Å². The maximum Gasteiger partial charge on any atom is 0.251 e. The topological polar surface area (TPSA) is 55.1 Å². The van der Waals surface area contributed by atoms with Crippen LogP contribution in [-0.2, 0) is 0 Å². The summed E-state index contributed by atoms with van der Waals surface area (Å²) in [5, 5.41) is 3.02. The van der Waals surface area contributed by atoms with Crippen molar-refractivity contribution in [1.29, 1.82) is 0 Å². The van der Waals surface area contributed by atoms with Crippen molar-refractivity contribution in [2.75, 3.05) is 5.73 Å². The van der Waals surface area contributed by atoms with E-state index < -0.39 is 0 Å². The van der Waals surface area contributed by atoms with Gasteiger partial charge in [-0.1, -0.05) is 13.3 Å². The molecule has 1 amide bonds. The molecule has 0 saturated heterocycles. The summed E-state index contributed by atoms with van der Waals surface area (Å²) < 4.78 is 0.749. The molecule has 17 heavy (non-hydrogen) atoms. The zero-order valence-corrected chi connectivity index (χ0v) is 12.1. The number of rotatable bonds is 4. The summed E-state index contributed by atoms with van der Waals surface area (Å²) in [4.78, 5) is 12.0. The number of anilines is 1. The van der Waals surface area contributed by atoms with Gasteiger partial charge in [0, 0.05) is 21.3 Å². The van der Waals surface area contributed by atoms with Crippen molar-refractivity contribution in [2.24, 2.45) is 0 Å². The summed E-state index contributed by atoms with van der Waals surface area (Å²) in [6, 6.07) is 5.20. The van der Waals surface area contributed by atoms with Crippen molar-refractivity contribution in [3.63, 3.8) is 0 Å². The fourth-order valence-electron chi connectivity index (χ4n) is 1.74. The smallest absolute Gasteiger partial charge is 0.251 e. The molecule has 0 aliphatic carbocycles. The van der Waals surface area contributed by atoms with E-state index in [1.54, 1.807) is 18.2 Å². The quantitative estimate of drug-likeness (QED) is 0.838. The predicted molar refractivity (Wildman–Crippen MR) is 75.0 cm³/mol. The van der Waals surface area contributed by atoms with E-state index in [0.29, 0.717) is 11.3 Å². The highest BCUT2D eigenvalue weighted by atomic mass is 79.9. The molecule has 94 valence electrons. The average molecular weight is 299 g/mol. The fraction of sp³-hybridized carbons (Fsp3) is 0.462. The highest BCUT2D eigenvalue weighted by Crippen LogP contribution is 2.21. The molecule has 0 aliphatic heterocycles. The number of nitrogen functional groups attached to an aromatic ring is 1. The van der Waals surface area contributed by atoms with E-state index in [-0.39, 0.29) is 11.4 Å². The number of carbonyl (C=O) groups is 1. The van der Waals surface area contributed by atoms with Gasteiger partial charge in [-0.15, -0.1) is 0 Å². The number of hydrogen-bond acceptors (Lipinski definition) is 2. The summed E-state index contributed by atoms with van der Waals surface area (Å²) in [7, 11) is 0. The molecule has 0 heterocycles. The number of nitrogens with two attached hydrogens (primary N) is 1. The molecule has 0 spiro atoms. The molecule has 0 aromatic heterocycles. The summed E-state index contributed by atoms with van der Waals surface area (Å²) in [6.07, 6.45) is 1.99. The second-order valence-corrected chi connectivity index (χ2v) is 5.68. The first kappa shape index (κ1) is 14.0. The molecule has 3 nitrogen and oxygen atoms in total. The van der Waals surface area contributed by atoms with Crippen LogP contribution in [0.1, 0.15) is 44.0 Å². The first-order valence-corrected chi connectivity index (χ1v) is 6.52. The Kier molecular flexibility index (Phi) is 4.57. The minimum Gasteiger partial charge on any atom is -0.398 e. The molecule has 1 aromatic rings. The molecule has 4 heteroatoms. The Morgan fingerprint density at radius 1 is 1.47 bits per heavy atom. The van der Waals surface area contributed by atoms with Crippen LogP contribution in [0, 0.1) is 0 Å². The van der Waals surface area contributed by atoms with E-state index in [9.17, 15) is 4.79 Å². The zero-order chi connectivity index (χ0) is 13.1. The van der Waals surface area contributed by atoms with E-state index in [2.05, 4.69) is 28.2 Å². The molecule has 0 unspecified atom stereocenters. The molecular formula is C13H19BrN2O. The van der Waals surface area contributed by atoms with Gasteiger partial charge in [-0.2, -0.15) is 0 Å². The van der Waals surface area contributed by atoms with Gasteiger partial charge in [0.15, 0.2) is 0 Å². The monoisotopic (exact) mass is 298 g/mol. The van der Waals surface area contributed by atoms with Crippen LogP contribution in [-0.4, -0.2) is 11.4 Å². The Balaban J connectivity index is 2.80. The normalized spacial score (nSPS) is 11.3. The summed E-state index contributed by atoms with van der Waals surface area (Å²) in [5.74, 6) is -0.0656. The van der Waals surface area contributed by atoms with Crippen LogP contribution in [0.5, 0.6) is 0 Å². The van der Waals surface area contributed by atoms with Gasteiger partial charge < -0.3 is 11.1 Å². The molecule has 1 aromatic carbocycles. The Labute approximate surface area is 111 Å². The average Bonchev–Trinajstić information content (AvgIpc) is 2.21. The van der Waals surface area contributed by atoms with Crippen molar-refractivity contribution in [3.8, 4) is 0 Å². The first-order chi connectivity index (χ1) is 7.85. The largest absolute Gasteiger partial charge is 0.398 e. The van der Waals surface area contributed by atoms with Gasteiger partial charge in [-0.05, 0) is 54.4 Å². The Bertz CT molecular complexity index is 416. The SMILES string of the molecule is CCCC(C)(C)NC(=O)c1ccc(N)c(Br)c1. The van der Waals surface area contributed by atoms with Gasteiger partial charge in [0.2, 0.25) is 0 Å². The van der Waals surface area contributed by atoms with Crippen LogP contribution >= 0.6 is 15.9 Å². The summed E-state index contributed by atoms with van der Waals surface area (Å²) in [6.45, 7) is 6.16. The lowest BCUT2D eigenvalue weighted by Crippen LogP contribution is -2.43. The number of benzene rings is 1. The number of halogens is 1. The third-order valence-corrected chi connectivity index (χ3v) is 3.28. The number of nitrogens with one attached hydrogen (secondary N) is 1. The molecule has 0 bridgehead atoms. The van der Waals surface area contributed by atoms with Gasteiger partial charge in [0.05, 0.1) is 0 Å². The number of carbonyl (C=O) groups excluding carboxylic acids is 1. The van der Waals surface area contributed by atoms with Crippen molar-refractivity contribution >= 4 is 27.5 Å². The maximum atomic E-state index is 12.0. The Morgan fingerprint density at radius 2 is 2.12 bits per heavy atom. The molecule has 0 radical (unpaired) electrons. The number of hydrogen-bond donors (Lipinski definition) is 2. The fourth-order valence-corrected chi connectivity index (χ4v) is 2.11. The Hall–Kier alpha value is -1.03. The molecule has 0 atom stereocenters. The van der Waals surface area contributed by atoms with Crippen LogP contribution in [0.15, 0.2) is 22.7 Å². The molecule has 3 N–H and O–H groups in total. The lowest BCUT2D eigenvalue weighted by molar-refractivity contribution is 0.0909. The van der Waals surface area contributed by atoms with E-state index in [4.69, 9.17) is 5.73 Å². The van der Waals surface area contributed by atoms with E-state index in [1.165, 1.54) is 0 Å². The first-order valence-electron chi connectivity index (χ1n) is 5.73. The van der Waals surface area contributed by atoms with Crippen molar-refractivity contribution in [1.82, 2.24) is 5.32 Å². The lowest BCUT2D eigenvalue weighted by Gasteiger charge is -2.25.